The maximum atomic E-state index is 14.4. The molecule has 3 aliphatic rings. The van der Waals surface area contributed by atoms with Crippen LogP contribution in [0.15, 0.2) is 55.6 Å². The average molecular weight is 554 g/mol. The topological polar surface area (TPSA) is 81.2 Å². The Morgan fingerprint density at radius 2 is 1.79 bits per heavy atom. The van der Waals surface area contributed by atoms with Gasteiger partial charge in [-0.2, -0.15) is 0 Å². The van der Waals surface area contributed by atoms with E-state index in [4.69, 9.17) is 0 Å². The van der Waals surface area contributed by atoms with E-state index in [1.807, 2.05) is 51.1 Å². The molecule has 1 aromatic carbocycles. The minimum Gasteiger partial charge on any atom is -0.396 e. The Morgan fingerprint density at radius 1 is 1.13 bits per heavy atom. The fourth-order valence-electron chi connectivity index (χ4n) is 6.92. The second-order valence-electron chi connectivity index (χ2n) is 12.2. The molecule has 3 saturated heterocycles. The first-order chi connectivity index (χ1) is 18.4. The summed E-state index contributed by atoms with van der Waals surface area (Å²) in [4.78, 5) is 48.3. The largest absolute Gasteiger partial charge is 0.396 e. The molecule has 0 radical (unpaired) electrons. The molecule has 3 fully saturated rings. The van der Waals surface area contributed by atoms with E-state index in [1.54, 1.807) is 38.6 Å². The predicted octanol–water partition coefficient (Wildman–Crippen LogP) is 3.88. The van der Waals surface area contributed by atoms with Gasteiger partial charge in [0.05, 0.1) is 16.6 Å². The molecule has 212 valence electrons. The first-order valence-corrected chi connectivity index (χ1v) is 14.7. The summed E-state index contributed by atoms with van der Waals surface area (Å²) in [5.74, 6) is -1.42. The zero-order valence-electron chi connectivity index (χ0n) is 23.8. The van der Waals surface area contributed by atoms with Crippen molar-refractivity contribution in [1.82, 2.24) is 14.7 Å². The molecule has 5 atom stereocenters. The average Bonchev–Trinajstić information content (AvgIpc) is 3.45. The Kier molecular flexibility index (Phi) is 8.39. The number of amides is 3. The number of carbonyl (C=O) groups excluding carboxylic acids is 3. The fraction of sp³-hybridized carbons (Fsp3) is 0.581. The number of carbonyl (C=O) groups is 3. The molecule has 3 aliphatic heterocycles. The Hall–Kier alpha value is -2.58. The Morgan fingerprint density at radius 3 is 2.38 bits per heavy atom. The van der Waals surface area contributed by atoms with Gasteiger partial charge in [0.25, 0.3) is 0 Å². The molecule has 1 spiro atoms. The van der Waals surface area contributed by atoms with Gasteiger partial charge in [0.2, 0.25) is 17.7 Å². The third-order valence-electron chi connectivity index (χ3n) is 8.60. The van der Waals surface area contributed by atoms with E-state index in [1.165, 1.54) is 0 Å². The lowest BCUT2D eigenvalue weighted by Crippen LogP contribution is -2.59. The summed E-state index contributed by atoms with van der Waals surface area (Å²) < 4.78 is -1.13. The van der Waals surface area contributed by atoms with E-state index < -0.39 is 32.9 Å². The van der Waals surface area contributed by atoms with E-state index in [2.05, 4.69) is 20.1 Å². The van der Waals surface area contributed by atoms with Crippen LogP contribution < -0.4 is 0 Å². The maximum Gasteiger partial charge on any atom is 0.247 e. The van der Waals surface area contributed by atoms with Crippen LogP contribution in [0, 0.1) is 11.8 Å². The number of likely N-dealkylation sites (tertiary alicyclic amines) is 1. The molecule has 1 N–H and O–H groups in total. The Balaban J connectivity index is 1.76. The van der Waals surface area contributed by atoms with Crippen molar-refractivity contribution < 1.29 is 19.5 Å². The number of rotatable bonds is 11. The molecule has 7 nitrogen and oxygen atoms in total. The summed E-state index contributed by atoms with van der Waals surface area (Å²) >= 11 is 1.68. The molecule has 0 aromatic heterocycles. The second-order valence-corrected chi connectivity index (χ2v) is 14.1. The monoisotopic (exact) mass is 553 g/mol. The molecule has 1 aromatic rings. The minimum absolute atomic E-state index is 0.0531. The number of hydrogen-bond donors (Lipinski definition) is 1. The Bertz CT molecular complexity index is 1120. The van der Waals surface area contributed by atoms with Crippen LogP contribution in [0.5, 0.6) is 0 Å². The zero-order chi connectivity index (χ0) is 28.6. The first-order valence-electron chi connectivity index (χ1n) is 13.9. The van der Waals surface area contributed by atoms with Crippen LogP contribution >= 0.6 is 11.8 Å². The second kappa shape index (κ2) is 11.1. The van der Waals surface area contributed by atoms with Crippen LogP contribution in [-0.2, 0) is 20.9 Å². The van der Waals surface area contributed by atoms with Gasteiger partial charge in [-0.05, 0) is 52.5 Å². The van der Waals surface area contributed by atoms with Gasteiger partial charge in [-0.25, -0.2) is 0 Å². The van der Waals surface area contributed by atoms with E-state index in [9.17, 15) is 19.5 Å². The summed E-state index contributed by atoms with van der Waals surface area (Å²) in [6, 6.07) is 9.16. The van der Waals surface area contributed by atoms with Crippen molar-refractivity contribution in [3.8, 4) is 0 Å². The van der Waals surface area contributed by atoms with Crippen LogP contribution in [0.3, 0.4) is 0 Å². The molecule has 8 heteroatoms. The van der Waals surface area contributed by atoms with Gasteiger partial charge in [-0.3, -0.25) is 14.4 Å². The van der Waals surface area contributed by atoms with Gasteiger partial charge in [0, 0.05) is 43.1 Å². The number of aliphatic hydroxyl groups excluding tert-OH is 1. The number of nitrogens with zero attached hydrogens (tertiary/aromatic N) is 3. The van der Waals surface area contributed by atoms with Gasteiger partial charge in [-0.1, -0.05) is 42.5 Å². The highest BCUT2D eigenvalue weighted by molar-refractivity contribution is 8.02. The van der Waals surface area contributed by atoms with Crippen molar-refractivity contribution in [2.75, 3.05) is 26.2 Å². The summed E-state index contributed by atoms with van der Waals surface area (Å²) in [7, 11) is 0. The Labute approximate surface area is 237 Å². The van der Waals surface area contributed by atoms with Gasteiger partial charge in [-0.15, -0.1) is 24.9 Å². The van der Waals surface area contributed by atoms with E-state index in [-0.39, 0.29) is 30.9 Å². The van der Waals surface area contributed by atoms with Crippen molar-refractivity contribution in [3.05, 3.63) is 61.2 Å². The van der Waals surface area contributed by atoms with Crippen molar-refractivity contribution in [2.45, 2.75) is 74.6 Å². The molecule has 3 heterocycles. The number of benzene rings is 1. The molecule has 2 bridgehead atoms. The SMILES string of the molecule is C=CCN(Cc1ccccc1)C(=O)[C@@H]1[C@H]2C(=O)N(CCCO)C(C(=O)N(CC=C)C(C)(C)C)C23CC[C@@]1(C)S3. The fourth-order valence-corrected chi connectivity index (χ4v) is 9.27. The smallest absolute Gasteiger partial charge is 0.247 e. The van der Waals surface area contributed by atoms with Crippen LogP contribution in [0.25, 0.3) is 0 Å². The molecule has 0 saturated carbocycles. The lowest BCUT2D eigenvalue weighted by Gasteiger charge is -2.42. The molecule has 0 aliphatic carbocycles. The third-order valence-corrected chi connectivity index (χ3v) is 10.6. The minimum atomic E-state index is -0.688. The highest BCUT2D eigenvalue weighted by atomic mass is 32.2. The number of aliphatic hydroxyl groups is 1. The van der Waals surface area contributed by atoms with Gasteiger partial charge in [0.1, 0.15) is 6.04 Å². The summed E-state index contributed by atoms with van der Waals surface area (Å²) in [6.07, 6.45) is 5.29. The lowest BCUT2D eigenvalue weighted by atomic mass is 9.66. The van der Waals surface area contributed by atoms with Crippen LogP contribution in [0.1, 0.15) is 52.5 Å². The van der Waals surface area contributed by atoms with E-state index >= 15 is 0 Å². The molecular weight excluding hydrogens is 510 g/mol. The molecule has 2 unspecified atom stereocenters. The highest BCUT2D eigenvalue weighted by Gasteiger charge is 2.77. The van der Waals surface area contributed by atoms with Crippen LogP contribution in [-0.4, -0.2) is 84.8 Å². The normalized spacial score (nSPS) is 29.3. The van der Waals surface area contributed by atoms with E-state index in [0.717, 1.165) is 12.0 Å². The van der Waals surface area contributed by atoms with Crippen LogP contribution in [0.2, 0.25) is 0 Å². The van der Waals surface area contributed by atoms with Crippen molar-refractivity contribution >= 4 is 29.5 Å². The van der Waals surface area contributed by atoms with E-state index in [0.29, 0.717) is 32.5 Å². The van der Waals surface area contributed by atoms with Gasteiger partial charge >= 0.3 is 0 Å². The molecule has 3 amide bonds. The first kappa shape index (κ1) is 29.4. The summed E-state index contributed by atoms with van der Waals surface area (Å²) in [5.41, 5.74) is 0.548. The van der Waals surface area contributed by atoms with Crippen molar-refractivity contribution in [3.63, 3.8) is 0 Å². The summed E-state index contributed by atoms with van der Waals surface area (Å²) in [5, 5.41) is 9.62. The zero-order valence-corrected chi connectivity index (χ0v) is 24.6. The van der Waals surface area contributed by atoms with Crippen molar-refractivity contribution in [1.29, 1.82) is 0 Å². The van der Waals surface area contributed by atoms with Gasteiger partial charge < -0.3 is 19.8 Å². The molecule has 39 heavy (non-hydrogen) atoms. The standard InChI is InChI=1S/C31H43N3O4S/c1-7-17-32(21-22-13-10-9-11-14-22)26(36)23-24-27(37)33(19-12-20-35)25(31(24)16-15-30(23,6)39-31)28(38)34(18-8-2)29(3,4)5/h7-11,13-14,23-25,35H,1-2,12,15-21H2,3-6H3/t23-,24-,25?,30+,31?/m0/s1. The predicted molar refractivity (Wildman–Crippen MR) is 156 cm³/mol. The lowest BCUT2D eigenvalue weighted by molar-refractivity contribution is -0.146. The summed E-state index contributed by atoms with van der Waals surface area (Å²) in [6.45, 7) is 17.2. The third kappa shape index (κ3) is 5.06. The molecule has 4 rings (SSSR count). The number of fused-ring (bicyclic) bond motifs is 1. The van der Waals surface area contributed by atoms with Crippen LogP contribution in [0.4, 0.5) is 0 Å². The highest BCUT2D eigenvalue weighted by Crippen LogP contribution is 2.71. The quantitative estimate of drug-likeness (QED) is 0.421. The molecular formula is C31H43N3O4S. The maximum absolute atomic E-state index is 14.4. The number of hydrogen-bond acceptors (Lipinski definition) is 5. The van der Waals surface area contributed by atoms with Crippen molar-refractivity contribution in [2.24, 2.45) is 11.8 Å². The number of thioether (sulfide) groups is 1. The van der Waals surface area contributed by atoms with Gasteiger partial charge in [0.15, 0.2) is 0 Å².